The first-order valence-corrected chi connectivity index (χ1v) is 12.1. The topological polar surface area (TPSA) is 90.7 Å². The van der Waals surface area contributed by atoms with E-state index in [9.17, 15) is 9.59 Å². The highest BCUT2D eigenvalue weighted by atomic mass is 35.5. The Morgan fingerprint density at radius 3 is 2.45 bits per heavy atom. The van der Waals surface area contributed by atoms with Crippen LogP contribution >= 0.6 is 11.6 Å². The van der Waals surface area contributed by atoms with Gasteiger partial charge in [0.25, 0.3) is 11.8 Å². The quantitative estimate of drug-likeness (QED) is 0.341. The summed E-state index contributed by atoms with van der Waals surface area (Å²) in [6.07, 6.45) is 6.47. The maximum absolute atomic E-state index is 12.9. The van der Waals surface area contributed by atoms with Crippen molar-refractivity contribution in [3.8, 4) is 0 Å². The standard InChI is InChI=1S/C25H32ClN5O2/c26-20-7-8-23(22(16-20)25(33)29-27)28-24(32)19-6-4-5-18(15-19)17-30-13-9-21(10-14-30)31-11-2-1-3-12-31/h4-8,15-16,21H,1-3,9-14,17,27H2,(H,28,32)(H,29,33). The number of amides is 2. The molecular weight excluding hydrogens is 438 g/mol. The molecule has 7 nitrogen and oxygen atoms in total. The lowest BCUT2D eigenvalue weighted by Gasteiger charge is -2.40. The molecule has 0 bridgehead atoms. The molecule has 2 aromatic carbocycles. The third kappa shape index (κ3) is 6.12. The minimum Gasteiger partial charge on any atom is -0.321 e. The molecule has 2 heterocycles. The van der Waals surface area contributed by atoms with Crippen molar-refractivity contribution in [3.63, 3.8) is 0 Å². The highest BCUT2D eigenvalue weighted by Gasteiger charge is 2.25. The number of likely N-dealkylation sites (tertiary alicyclic amines) is 2. The zero-order chi connectivity index (χ0) is 23.2. The van der Waals surface area contributed by atoms with E-state index in [2.05, 4.69) is 26.6 Å². The van der Waals surface area contributed by atoms with E-state index < -0.39 is 5.91 Å². The number of carbonyl (C=O) groups is 2. The van der Waals surface area contributed by atoms with Crippen LogP contribution in [0, 0.1) is 0 Å². The molecule has 0 unspecified atom stereocenters. The third-order valence-electron chi connectivity index (χ3n) is 6.67. The van der Waals surface area contributed by atoms with Crippen molar-refractivity contribution in [2.75, 3.05) is 31.5 Å². The van der Waals surface area contributed by atoms with Gasteiger partial charge in [0.1, 0.15) is 0 Å². The highest BCUT2D eigenvalue weighted by Crippen LogP contribution is 2.23. The summed E-state index contributed by atoms with van der Waals surface area (Å²) >= 11 is 6.00. The maximum atomic E-state index is 12.9. The van der Waals surface area contributed by atoms with Gasteiger partial charge in [-0.1, -0.05) is 30.2 Å². The van der Waals surface area contributed by atoms with Crippen LogP contribution in [0.4, 0.5) is 5.69 Å². The number of nitrogens with two attached hydrogens (primary N) is 1. The molecule has 33 heavy (non-hydrogen) atoms. The predicted molar refractivity (Wildman–Crippen MR) is 131 cm³/mol. The summed E-state index contributed by atoms with van der Waals surface area (Å²) in [7, 11) is 0. The average molecular weight is 470 g/mol. The zero-order valence-corrected chi connectivity index (χ0v) is 19.6. The second kappa shape index (κ2) is 11.1. The fourth-order valence-corrected chi connectivity index (χ4v) is 5.05. The number of hydrogen-bond acceptors (Lipinski definition) is 5. The Labute approximate surface area is 200 Å². The molecule has 2 aliphatic rings. The fourth-order valence-electron chi connectivity index (χ4n) is 4.88. The second-order valence-electron chi connectivity index (χ2n) is 8.92. The molecule has 2 aromatic rings. The number of nitrogens with one attached hydrogen (secondary N) is 2. The zero-order valence-electron chi connectivity index (χ0n) is 18.9. The van der Waals surface area contributed by atoms with Crippen molar-refractivity contribution in [2.45, 2.75) is 44.7 Å². The number of nitrogens with zero attached hydrogens (tertiary/aromatic N) is 2. The van der Waals surface area contributed by atoms with E-state index in [1.807, 2.05) is 12.1 Å². The van der Waals surface area contributed by atoms with Gasteiger partial charge in [-0.05, 0) is 87.8 Å². The van der Waals surface area contributed by atoms with Gasteiger partial charge in [0.15, 0.2) is 0 Å². The van der Waals surface area contributed by atoms with Crippen molar-refractivity contribution in [1.82, 2.24) is 15.2 Å². The first-order valence-electron chi connectivity index (χ1n) is 11.7. The normalized spacial score (nSPS) is 18.1. The van der Waals surface area contributed by atoms with Crippen LogP contribution in [-0.2, 0) is 6.54 Å². The van der Waals surface area contributed by atoms with Crippen LogP contribution in [0.5, 0.6) is 0 Å². The maximum Gasteiger partial charge on any atom is 0.267 e. The van der Waals surface area contributed by atoms with Crippen molar-refractivity contribution in [2.24, 2.45) is 5.84 Å². The van der Waals surface area contributed by atoms with Crippen LogP contribution in [0.3, 0.4) is 0 Å². The van der Waals surface area contributed by atoms with Gasteiger partial charge in [0.2, 0.25) is 0 Å². The molecule has 0 aliphatic carbocycles. The molecular formula is C25H32ClN5O2. The van der Waals surface area contributed by atoms with Crippen LogP contribution in [0.15, 0.2) is 42.5 Å². The van der Waals surface area contributed by atoms with Crippen molar-refractivity contribution in [3.05, 3.63) is 64.2 Å². The molecule has 2 saturated heterocycles. The number of halogens is 1. The van der Waals surface area contributed by atoms with E-state index >= 15 is 0 Å². The smallest absolute Gasteiger partial charge is 0.267 e. The first-order chi connectivity index (χ1) is 16.0. The van der Waals surface area contributed by atoms with E-state index in [0.29, 0.717) is 16.3 Å². The number of carbonyl (C=O) groups excluding carboxylic acids is 2. The lowest BCUT2D eigenvalue weighted by Crippen LogP contribution is -2.46. The summed E-state index contributed by atoms with van der Waals surface area (Å²) in [4.78, 5) is 30.1. The summed E-state index contributed by atoms with van der Waals surface area (Å²) in [6, 6.07) is 13.1. The SMILES string of the molecule is NNC(=O)c1cc(Cl)ccc1NC(=O)c1cccc(CN2CCC(N3CCCCC3)CC2)c1. The van der Waals surface area contributed by atoms with Gasteiger partial charge in [0, 0.05) is 23.2 Å². The summed E-state index contributed by atoms with van der Waals surface area (Å²) in [5, 5.41) is 3.20. The van der Waals surface area contributed by atoms with Gasteiger partial charge in [-0.25, -0.2) is 5.84 Å². The van der Waals surface area contributed by atoms with Crippen LogP contribution in [0.2, 0.25) is 5.02 Å². The van der Waals surface area contributed by atoms with Gasteiger partial charge in [-0.15, -0.1) is 0 Å². The van der Waals surface area contributed by atoms with Crippen molar-refractivity contribution < 1.29 is 9.59 Å². The van der Waals surface area contributed by atoms with Crippen LogP contribution in [0.25, 0.3) is 0 Å². The lowest BCUT2D eigenvalue weighted by atomic mass is 9.99. The monoisotopic (exact) mass is 469 g/mol. The number of hydrogen-bond donors (Lipinski definition) is 3. The van der Waals surface area contributed by atoms with Gasteiger partial charge in [-0.2, -0.15) is 0 Å². The van der Waals surface area contributed by atoms with E-state index in [0.717, 1.165) is 31.2 Å². The third-order valence-corrected chi connectivity index (χ3v) is 6.90. The van der Waals surface area contributed by atoms with E-state index in [4.69, 9.17) is 17.4 Å². The van der Waals surface area contributed by atoms with Gasteiger partial charge in [0.05, 0.1) is 11.3 Å². The fraction of sp³-hybridized carbons (Fsp3) is 0.440. The Kier molecular flexibility index (Phi) is 7.98. The Hall–Kier alpha value is -2.45. The van der Waals surface area contributed by atoms with E-state index in [1.54, 1.807) is 18.2 Å². The number of anilines is 1. The Bertz CT molecular complexity index is 985. The Morgan fingerprint density at radius 1 is 0.970 bits per heavy atom. The summed E-state index contributed by atoms with van der Waals surface area (Å²) in [6.45, 7) is 5.50. The molecule has 2 aliphatic heterocycles. The number of hydrazine groups is 1. The number of piperidine rings is 2. The average Bonchev–Trinajstić information content (AvgIpc) is 2.85. The van der Waals surface area contributed by atoms with Crippen LogP contribution in [-0.4, -0.2) is 53.8 Å². The molecule has 176 valence electrons. The minimum absolute atomic E-state index is 0.214. The van der Waals surface area contributed by atoms with Gasteiger partial charge < -0.3 is 10.2 Å². The minimum atomic E-state index is -0.519. The molecule has 8 heteroatoms. The molecule has 2 fully saturated rings. The Morgan fingerprint density at radius 2 is 1.73 bits per heavy atom. The molecule has 0 atom stereocenters. The molecule has 0 saturated carbocycles. The highest BCUT2D eigenvalue weighted by molar-refractivity contribution is 6.31. The number of nitrogen functional groups attached to an aromatic ring is 1. The second-order valence-corrected chi connectivity index (χ2v) is 9.36. The largest absolute Gasteiger partial charge is 0.321 e. The van der Waals surface area contributed by atoms with E-state index in [1.165, 1.54) is 51.3 Å². The summed E-state index contributed by atoms with van der Waals surface area (Å²) < 4.78 is 0. The molecule has 4 rings (SSSR count). The molecule has 0 aromatic heterocycles. The van der Waals surface area contributed by atoms with Crippen molar-refractivity contribution in [1.29, 1.82) is 0 Å². The summed E-state index contributed by atoms with van der Waals surface area (Å²) in [5.41, 5.74) is 4.31. The van der Waals surface area contributed by atoms with Gasteiger partial charge in [-0.3, -0.25) is 19.9 Å². The lowest BCUT2D eigenvalue weighted by molar-refractivity contribution is 0.0896. The van der Waals surface area contributed by atoms with Gasteiger partial charge >= 0.3 is 0 Å². The van der Waals surface area contributed by atoms with Crippen LogP contribution in [0.1, 0.15) is 58.4 Å². The molecule has 4 N–H and O–H groups in total. The first kappa shape index (κ1) is 23.7. The predicted octanol–water partition coefficient (Wildman–Crippen LogP) is 3.65. The molecule has 2 amide bonds. The Balaban J connectivity index is 1.36. The van der Waals surface area contributed by atoms with Crippen LogP contribution < -0.4 is 16.6 Å². The number of rotatable bonds is 6. The van der Waals surface area contributed by atoms with E-state index in [-0.39, 0.29) is 11.5 Å². The van der Waals surface area contributed by atoms with Crippen molar-refractivity contribution >= 4 is 29.1 Å². The molecule has 0 radical (unpaired) electrons. The molecule has 0 spiro atoms. The summed E-state index contributed by atoms with van der Waals surface area (Å²) in [5.74, 6) is 4.46. The number of benzene rings is 2.